The average Bonchev–Trinajstić information content (AvgIpc) is 3.14. The Hall–Kier alpha value is -2.62. The van der Waals surface area contributed by atoms with E-state index in [1.807, 2.05) is 20.8 Å². The molecule has 0 aliphatic carbocycles. The monoisotopic (exact) mass is 541 g/mol. The van der Waals surface area contributed by atoms with Gasteiger partial charge in [-0.1, -0.05) is 17.7 Å². The number of hydrogen-bond donors (Lipinski definition) is 1. The minimum atomic E-state index is -3.91. The van der Waals surface area contributed by atoms with Crippen LogP contribution in [0.25, 0.3) is 5.69 Å². The lowest BCUT2D eigenvalue weighted by Crippen LogP contribution is -2.17. The van der Waals surface area contributed by atoms with E-state index in [2.05, 4.69) is 44.3 Å². The van der Waals surface area contributed by atoms with Gasteiger partial charge in [0.1, 0.15) is 5.69 Å². The van der Waals surface area contributed by atoms with Crippen molar-refractivity contribution in [3.8, 4) is 5.69 Å². The maximum Gasteiger partial charge on any atom is 0.354 e. The van der Waals surface area contributed by atoms with Crippen LogP contribution in [0.5, 0.6) is 0 Å². The number of benzene rings is 2. The van der Waals surface area contributed by atoms with Crippen molar-refractivity contribution >= 4 is 38.9 Å². The lowest BCUT2D eigenvalue weighted by Gasteiger charge is -2.20. The molecule has 0 amide bonds. The van der Waals surface area contributed by atoms with Gasteiger partial charge in [-0.2, -0.15) is 4.98 Å². The molecule has 0 radical (unpaired) electrons. The minimum Gasteiger partial charge on any atom is -0.261 e. The summed E-state index contributed by atoms with van der Waals surface area (Å²) in [6.45, 7) is 16.5. The Morgan fingerprint density at radius 2 is 1.44 bits per heavy atom. The van der Waals surface area contributed by atoms with Gasteiger partial charge in [0.05, 0.1) is 9.10 Å². The average molecular weight is 542 g/mol. The number of fused-ring (bicyclic) bond motifs is 1. The Morgan fingerprint density at radius 3 is 2.03 bits per heavy atom. The second kappa shape index (κ2) is 9.68. The van der Waals surface area contributed by atoms with E-state index in [9.17, 15) is 13.2 Å². The molecule has 2 aromatic rings. The summed E-state index contributed by atoms with van der Waals surface area (Å²) in [6.07, 6.45) is 0. The fraction of sp³-hybridized carbons (Fsp3) is 0.333. The summed E-state index contributed by atoms with van der Waals surface area (Å²) >= 11 is 3.17. The highest BCUT2D eigenvalue weighted by molar-refractivity contribution is 8.00. The Kier molecular flexibility index (Phi) is 7.11. The number of sulfonamides is 1. The van der Waals surface area contributed by atoms with E-state index in [4.69, 9.17) is 0 Å². The number of nitrogens with one attached hydrogen (secondary N) is 1. The largest absolute Gasteiger partial charge is 0.354 e. The number of nitrogens with zero attached hydrogens (tertiary/aromatic N) is 2. The molecule has 0 aromatic heterocycles. The molecule has 2 aromatic carbocycles. The Bertz CT molecular complexity index is 1590. The van der Waals surface area contributed by atoms with Crippen LogP contribution in [0.2, 0.25) is 0 Å². The lowest BCUT2D eigenvalue weighted by molar-refractivity contribution is 0.601. The number of hydrogen-bond acceptors (Lipinski definition) is 6. The number of aryl methyl sites for hydroxylation is 2. The number of anilines is 1. The second-order valence-electron chi connectivity index (χ2n) is 9.27. The first kappa shape index (κ1) is 26.4. The van der Waals surface area contributed by atoms with Gasteiger partial charge in [0, 0.05) is 16.3 Å². The molecule has 0 saturated heterocycles. The molecular weight excluding hydrogens is 511 g/mol. The Morgan fingerprint density at radius 1 is 0.889 bits per heavy atom. The quantitative estimate of drug-likeness (QED) is 0.290. The van der Waals surface area contributed by atoms with Gasteiger partial charge in [-0.15, -0.1) is 23.1 Å². The second-order valence-corrected chi connectivity index (χ2v) is 13.4. The highest BCUT2D eigenvalue weighted by Gasteiger charge is 2.27. The third kappa shape index (κ3) is 4.60. The van der Waals surface area contributed by atoms with Crippen LogP contribution in [0.15, 0.2) is 38.2 Å². The first-order valence-corrected chi connectivity index (χ1v) is 14.9. The van der Waals surface area contributed by atoms with Gasteiger partial charge in [0.2, 0.25) is 0 Å². The van der Waals surface area contributed by atoms with Gasteiger partial charge in [0.15, 0.2) is 5.82 Å². The molecule has 1 N–H and O–H groups in total. The van der Waals surface area contributed by atoms with Crippen molar-refractivity contribution in [2.45, 2.75) is 70.2 Å². The van der Waals surface area contributed by atoms with Gasteiger partial charge in [0.25, 0.3) is 10.0 Å². The van der Waals surface area contributed by atoms with Crippen LogP contribution in [0.3, 0.4) is 0 Å². The van der Waals surface area contributed by atoms with E-state index < -0.39 is 15.7 Å². The number of rotatable bonds is 6. The summed E-state index contributed by atoms with van der Waals surface area (Å²) in [4.78, 5) is 18.1. The van der Waals surface area contributed by atoms with E-state index in [1.165, 1.54) is 37.9 Å². The van der Waals surface area contributed by atoms with Crippen LogP contribution >= 0.6 is 23.1 Å². The topological polar surface area (TPSA) is 81.1 Å². The Balaban J connectivity index is 1.80. The zero-order valence-corrected chi connectivity index (χ0v) is 24.3. The third-order valence-electron chi connectivity index (χ3n) is 7.20. The van der Waals surface area contributed by atoms with Crippen molar-refractivity contribution in [1.82, 2.24) is 9.55 Å². The van der Waals surface area contributed by atoms with Crippen molar-refractivity contribution < 1.29 is 8.42 Å². The fourth-order valence-electron chi connectivity index (χ4n) is 4.32. The maximum atomic E-state index is 13.1. The van der Waals surface area contributed by atoms with E-state index in [0.717, 1.165) is 20.3 Å². The first-order valence-electron chi connectivity index (χ1n) is 11.6. The van der Waals surface area contributed by atoms with E-state index in [1.54, 1.807) is 47.4 Å². The molecule has 2 aliphatic rings. The molecule has 2 aliphatic heterocycles. The molecule has 6 nitrogen and oxygen atoms in total. The predicted octanol–water partition coefficient (Wildman–Crippen LogP) is 6.29. The molecule has 0 fully saturated rings. The van der Waals surface area contributed by atoms with E-state index in [0.29, 0.717) is 11.4 Å². The zero-order chi connectivity index (χ0) is 26.5. The van der Waals surface area contributed by atoms with Gasteiger partial charge in [-0.05, 0) is 101 Å². The molecule has 9 heteroatoms. The smallest absolute Gasteiger partial charge is 0.261 e. The van der Waals surface area contributed by atoms with Crippen LogP contribution in [0.1, 0.15) is 49.5 Å². The van der Waals surface area contributed by atoms with Crippen molar-refractivity contribution in [3.63, 3.8) is 0 Å². The molecule has 0 spiro atoms. The first-order chi connectivity index (χ1) is 16.8. The van der Waals surface area contributed by atoms with Crippen LogP contribution in [-0.2, 0) is 15.8 Å². The predicted molar refractivity (Wildman–Crippen MR) is 150 cm³/mol. The van der Waals surface area contributed by atoms with Gasteiger partial charge >= 0.3 is 5.69 Å². The summed E-state index contributed by atoms with van der Waals surface area (Å²) < 4.78 is 31.2. The third-order valence-corrected chi connectivity index (χ3v) is 11.0. The SMILES string of the molecule is Cc1ccc(S(=O)(=O)Nc2nc(=O)n3c(C)c(C)sc(SCc4c(C)c(C)c(C)c(C)c4C)c2-3)cc1. The minimum absolute atomic E-state index is 0.0622. The molecule has 36 heavy (non-hydrogen) atoms. The summed E-state index contributed by atoms with van der Waals surface area (Å²) in [5.41, 5.74) is 9.44. The summed E-state index contributed by atoms with van der Waals surface area (Å²) in [7, 11) is -3.91. The molecule has 2 heterocycles. The summed E-state index contributed by atoms with van der Waals surface area (Å²) in [5, 5.41) is 0. The molecule has 4 rings (SSSR count). The van der Waals surface area contributed by atoms with E-state index >= 15 is 0 Å². The number of aromatic nitrogens is 2. The van der Waals surface area contributed by atoms with Crippen molar-refractivity contribution in [1.29, 1.82) is 0 Å². The molecule has 0 saturated carbocycles. The van der Waals surface area contributed by atoms with Crippen molar-refractivity contribution in [2.24, 2.45) is 0 Å². The van der Waals surface area contributed by atoms with Crippen LogP contribution < -0.4 is 10.4 Å². The van der Waals surface area contributed by atoms with Gasteiger partial charge in [-0.25, -0.2) is 13.2 Å². The van der Waals surface area contributed by atoms with Gasteiger partial charge < -0.3 is 0 Å². The molecule has 0 bridgehead atoms. The van der Waals surface area contributed by atoms with Gasteiger partial charge in [-0.3, -0.25) is 9.29 Å². The highest BCUT2D eigenvalue weighted by Crippen LogP contribution is 2.41. The normalized spacial score (nSPS) is 11.9. The zero-order valence-electron chi connectivity index (χ0n) is 21.9. The molecule has 190 valence electrons. The van der Waals surface area contributed by atoms with Crippen LogP contribution in [0, 0.1) is 55.4 Å². The molecule has 0 unspecified atom stereocenters. The maximum absolute atomic E-state index is 13.1. The highest BCUT2D eigenvalue weighted by atomic mass is 32.2. The van der Waals surface area contributed by atoms with Crippen LogP contribution in [0.4, 0.5) is 5.82 Å². The van der Waals surface area contributed by atoms with E-state index in [-0.39, 0.29) is 10.7 Å². The van der Waals surface area contributed by atoms with Crippen molar-refractivity contribution in [3.05, 3.63) is 84.3 Å². The fourth-order valence-corrected chi connectivity index (χ4v) is 7.95. The number of thioether (sulfide) groups is 1. The van der Waals surface area contributed by atoms with Crippen LogP contribution in [-0.4, -0.2) is 18.0 Å². The number of imidazole rings is 1. The van der Waals surface area contributed by atoms with Crippen molar-refractivity contribution in [2.75, 3.05) is 4.72 Å². The standard InChI is InChI=1S/C27H31N3O3S3/c1-14-9-11-22(12-10-14)36(32,33)29-25-24-26(35-21(8)20(7)30(24)27(31)28-25)34-13-23-18(5)16(3)15(2)17(4)19(23)6/h9-12H,13H2,1-8H3,(H,28,29,31). The summed E-state index contributed by atoms with van der Waals surface area (Å²) in [6, 6.07) is 6.59. The lowest BCUT2D eigenvalue weighted by atomic mass is 9.90. The Labute approximate surface area is 221 Å². The molecule has 0 atom stereocenters. The molecular formula is C27H31N3O3S3. The summed E-state index contributed by atoms with van der Waals surface area (Å²) in [5.74, 6) is 0.768.